The number of carbonyl (C=O) groups excluding carboxylic acids is 1. The molecule has 2 aliphatic carbocycles. The van der Waals surface area contributed by atoms with Crippen molar-refractivity contribution in [2.45, 2.75) is 58.5 Å². The number of carbonyl (C=O) groups is 1. The maximum Gasteiger partial charge on any atom is 0.225 e. The van der Waals surface area contributed by atoms with Crippen LogP contribution in [0.3, 0.4) is 0 Å². The average molecular weight is 238 g/mol. The molecule has 0 radical (unpaired) electrons. The second-order valence-corrected chi connectivity index (χ2v) is 6.48. The smallest absolute Gasteiger partial charge is 0.225 e. The van der Waals surface area contributed by atoms with Crippen LogP contribution >= 0.6 is 0 Å². The van der Waals surface area contributed by atoms with Gasteiger partial charge in [0.05, 0.1) is 5.92 Å². The summed E-state index contributed by atoms with van der Waals surface area (Å²) in [5.74, 6) is 2.08. The van der Waals surface area contributed by atoms with Crippen molar-refractivity contribution < 1.29 is 4.79 Å². The van der Waals surface area contributed by atoms with Gasteiger partial charge in [0.1, 0.15) is 0 Å². The predicted molar refractivity (Wildman–Crippen MR) is 69.4 cm³/mol. The largest absolute Gasteiger partial charge is 0.353 e. The second kappa shape index (κ2) is 4.97. The molecule has 0 aromatic rings. The number of nitrogens with one attached hydrogen (secondary N) is 1. The van der Waals surface area contributed by atoms with Gasteiger partial charge in [0, 0.05) is 12.1 Å². The highest BCUT2D eigenvalue weighted by Crippen LogP contribution is 2.47. The zero-order valence-electron chi connectivity index (χ0n) is 11.3. The Morgan fingerprint density at radius 2 is 1.94 bits per heavy atom. The van der Waals surface area contributed by atoms with Crippen LogP contribution in [-0.2, 0) is 4.79 Å². The van der Waals surface area contributed by atoms with Crippen molar-refractivity contribution >= 4 is 5.91 Å². The van der Waals surface area contributed by atoms with Crippen molar-refractivity contribution in [1.82, 2.24) is 5.32 Å². The minimum atomic E-state index is 0.0864. The molecule has 2 saturated carbocycles. The van der Waals surface area contributed by atoms with Crippen molar-refractivity contribution in [3.8, 4) is 0 Å². The van der Waals surface area contributed by atoms with Crippen molar-refractivity contribution in [3.63, 3.8) is 0 Å². The van der Waals surface area contributed by atoms with E-state index in [1.165, 1.54) is 19.3 Å². The van der Waals surface area contributed by atoms with Crippen LogP contribution in [0.5, 0.6) is 0 Å². The first kappa shape index (κ1) is 12.9. The van der Waals surface area contributed by atoms with Gasteiger partial charge in [0.2, 0.25) is 5.91 Å². The van der Waals surface area contributed by atoms with Crippen LogP contribution in [0, 0.1) is 23.7 Å². The molecule has 0 aliphatic heterocycles. The first-order chi connectivity index (χ1) is 7.99. The lowest BCUT2D eigenvalue weighted by Crippen LogP contribution is -2.47. The van der Waals surface area contributed by atoms with Crippen LogP contribution in [-0.4, -0.2) is 18.0 Å². The Kier molecular flexibility index (Phi) is 3.76. The summed E-state index contributed by atoms with van der Waals surface area (Å²) in [7, 11) is 0. The summed E-state index contributed by atoms with van der Waals surface area (Å²) in [6.07, 6.45) is 4.66. The molecule has 5 unspecified atom stereocenters. The van der Waals surface area contributed by atoms with Gasteiger partial charge >= 0.3 is 0 Å². The highest BCUT2D eigenvalue weighted by Gasteiger charge is 2.49. The lowest BCUT2D eigenvalue weighted by atomic mass is 9.84. The molecule has 2 bridgehead atoms. The first-order valence-corrected chi connectivity index (χ1v) is 7.05. The molecule has 0 saturated heterocycles. The van der Waals surface area contributed by atoms with E-state index < -0.39 is 0 Å². The Hall–Kier alpha value is -0.570. The molecule has 2 aliphatic rings. The van der Waals surface area contributed by atoms with Crippen molar-refractivity contribution in [2.24, 2.45) is 29.4 Å². The van der Waals surface area contributed by atoms with E-state index in [1.807, 2.05) is 0 Å². The second-order valence-electron chi connectivity index (χ2n) is 6.48. The molecule has 98 valence electrons. The molecule has 3 heteroatoms. The Labute approximate surface area is 105 Å². The Balaban J connectivity index is 1.88. The van der Waals surface area contributed by atoms with Crippen LogP contribution in [0.4, 0.5) is 0 Å². The number of hydrogen-bond acceptors (Lipinski definition) is 2. The number of rotatable bonds is 4. The third-order valence-electron chi connectivity index (χ3n) is 4.50. The van der Waals surface area contributed by atoms with Gasteiger partial charge in [-0.1, -0.05) is 13.8 Å². The van der Waals surface area contributed by atoms with Crippen LogP contribution in [0.1, 0.15) is 46.5 Å². The summed E-state index contributed by atoms with van der Waals surface area (Å²) < 4.78 is 0. The molecule has 1 amide bonds. The highest BCUT2D eigenvalue weighted by atomic mass is 16.2. The molecule has 0 aromatic carbocycles. The maximum atomic E-state index is 12.2. The van der Waals surface area contributed by atoms with Gasteiger partial charge in [-0.3, -0.25) is 4.79 Å². The fourth-order valence-electron chi connectivity index (χ4n) is 3.83. The molecule has 0 spiro atoms. The van der Waals surface area contributed by atoms with E-state index in [0.717, 1.165) is 6.42 Å². The Bertz CT molecular complexity index is 288. The van der Waals surface area contributed by atoms with Crippen LogP contribution < -0.4 is 11.1 Å². The predicted octanol–water partition coefficient (Wildman–Crippen LogP) is 1.91. The molecule has 0 heterocycles. The lowest BCUT2D eigenvalue weighted by molar-refractivity contribution is -0.127. The fraction of sp³-hybridized carbons (Fsp3) is 0.929. The van der Waals surface area contributed by atoms with Crippen LogP contribution in [0.15, 0.2) is 0 Å². The van der Waals surface area contributed by atoms with E-state index in [2.05, 4.69) is 26.1 Å². The van der Waals surface area contributed by atoms with E-state index >= 15 is 0 Å². The summed E-state index contributed by atoms with van der Waals surface area (Å²) in [5, 5.41) is 3.15. The van der Waals surface area contributed by atoms with Gasteiger partial charge < -0.3 is 11.1 Å². The summed E-state index contributed by atoms with van der Waals surface area (Å²) in [6, 6.07) is 0.383. The lowest BCUT2D eigenvalue weighted by Gasteiger charge is -2.28. The molecule has 2 rings (SSSR count). The van der Waals surface area contributed by atoms with E-state index in [9.17, 15) is 4.79 Å². The topological polar surface area (TPSA) is 55.1 Å². The van der Waals surface area contributed by atoms with Gasteiger partial charge in [-0.2, -0.15) is 0 Å². The minimum Gasteiger partial charge on any atom is -0.353 e. The highest BCUT2D eigenvalue weighted by molar-refractivity contribution is 5.80. The van der Waals surface area contributed by atoms with E-state index in [1.54, 1.807) is 0 Å². The third-order valence-corrected chi connectivity index (χ3v) is 4.50. The third kappa shape index (κ3) is 2.65. The summed E-state index contributed by atoms with van der Waals surface area (Å²) in [6.45, 7) is 6.47. The SMILES string of the molecule is CC(C)CC(C)NC(=O)C1C2CCC(C2)C1N. The van der Waals surface area contributed by atoms with Gasteiger partial charge in [-0.15, -0.1) is 0 Å². The molecule has 3 N–H and O–H groups in total. The quantitative estimate of drug-likeness (QED) is 0.786. The molecular weight excluding hydrogens is 212 g/mol. The first-order valence-electron chi connectivity index (χ1n) is 7.05. The average Bonchev–Trinajstić information content (AvgIpc) is 2.75. The molecule has 17 heavy (non-hydrogen) atoms. The van der Waals surface area contributed by atoms with Gasteiger partial charge in [0.25, 0.3) is 0 Å². The Morgan fingerprint density at radius 1 is 1.29 bits per heavy atom. The minimum absolute atomic E-state index is 0.0864. The van der Waals surface area contributed by atoms with Gasteiger partial charge in [-0.05, 0) is 50.4 Å². The summed E-state index contributed by atoms with van der Waals surface area (Å²) in [4.78, 5) is 12.2. The fourth-order valence-corrected chi connectivity index (χ4v) is 3.83. The van der Waals surface area contributed by atoms with Gasteiger partial charge in [0.15, 0.2) is 0 Å². The van der Waals surface area contributed by atoms with E-state index in [-0.39, 0.29) is 23.9 Å². The molecular formula is C14H26N2O. The number of nitrogens with two attached hydrogens (primary N) is 1. The zero-order chi connectivity index (χ0) is 12.6. The normalized spacial score (nSPS) is 37.5. The molecule has 3 nitrogen and oxygen atoms in total. The monoisotopic (exact) mass is 238 g/mol. The van der Waals surface area contributed by atoms with Crippen molar-refractivity contribution in [2.75, 3.05) is 0 Å². The van der Waals surface area contributed by atoms with E-state index in [4.69, 9.17) is 5.73 Å². The molecule has 5 atom stereocenters. The van der Waals surface area contributed by atoms with E-state index in [0.29, 0.717) is 17.8 Å². The maximum absolute atomic E-state index is 12.2. The zero-order valence-corrected chi connectivity index (χ0v) is 11.3. The molecule has 0 aromatic heterocycles. The van der Waals surface area contributed by atoms with Crippen LogP contribution in [0.25, 0.3) is 0 Å². The Morgan fingerprint density at radius 3 is 2.47 bits per heavy atom. The number of fused-ring (bicyclic) bond motifs is 2. The number of amides is 1. The standard InChI is InChI=1S/C14H26N2O/c1-8(2)6-9(3)16-14(17)12-10-4-5-11(7-10)13(12)15/h8-13H,4-7,15H2,1-3H3,(H,16,17). The number of hydrogen-bond donors (Lipinski definition) is 2. The van der Waals surface area contributed by atoms with Crippen molar-refractivity contribution in [3.05, 3.63) is 0 Å². The summed E-state index contributed by atoms with van der Waals surface area (Å²) >= 11 is 0. The summed E-state index contributed by atoms with van der Waals surface area (Å²) in [5.41, 5.74) is 6.18. The molecule has 2 fully saturated rings. The van der Waals surface area contributed by atoms with Crippen molar-refractivity contribution in [1.29, 1.82) is 0 Å². The van der Waals surface area contributed by atoms with Crippen LogP contribution in [0.2, 0.25) is 0 Å². The van der Waals surface area contributed by atoms with Gasteiger partial charge in [-0.25, -0.2) is 0 Å².